The molecule has 0 aliphatic heterocycles. The van der Waals surface area contributed by atoms with E-state index in [4.69, 9.17) is 0 Å². The van der Waals surface area contributed by atoms with Crippen LogP contribution in [0.5, 0.6) is 0 Å². The number of hydrogen-bond acceptors (Lipinski definition) is 1. The number of aldehydes is 1. The van der Waals surface area contributed by atoms with Gasteiger partial charge in [0.25, 0.3) is 0 Å². The van der Waals surface area contributed by atoms with Crippen molar-refractivity contribution in [2.75, 3.05) is 0 Å². The standard InChI is InChI=1S/C10H11BrO/c1-7(2)9-5-3-4-8(6-12)10(9)11/h3-7H,1-2H3. The molecule has 2 heteroatoms. The maximum atomic E-state index is 10.6. The molecule has 0 fully saturated rings. The first-order chi connectivity index (χ1) is 5.66. The van der Waals surface area contributed by atoms with Gasteiger partial charge in [0.2, 0.25) is 0 Å². The van der Waals surface area contributed by atoms with Gasteiger partial charge in [-0.2, -0.15) is 0 Å². The van der Waals surface area contributed by atoms with Crippen LogP contribution < -0.4 is 0 Å². The summed E-state index contributed by atoms with van der Waals surface area (Å²) in [5.74, 6) is 0.444. The highest BCUT2D eigenvalue weighted by molar-refractivity contribution is 9.10. The van der Waals surface area contributed by atoms with E-state index in [-0.39, 0.29) is 0 Å². The molecule has 0 unspecified atom stereocenters. The number of benzene rings is 1. The lowest BCUT2D eigenvalue weighted by atomic mass is 10.0. The summed E-state index contributed by atoms with van der Waals surface area (Å²) in [4.78, 5) is 10.6. The Morgan fingerprint density at radius 2 is 2.08 bits per heavy atom. The Morgan fingerprint density at radius 1 is 1.42 bits per heavy atom. The second-order valence-electron chi connectivity index (χ2n) is 3.02. The van der Waals surface area contributed by atoms with Gasteiger partial charge in [-0.15, -0.1) is 0 Å². The third-order valence-electron chi connectivity index (χ3n) is 1.81. The molecule has 1 aromatic rings. The molecule has 0 N–H and O–H groups in total. The van der Waals surface area contributed by atoms with E-state index in [1.165, 1.54) is 5.56 Å². The minimum Gasteiger partial charge on any atom is -0.298 e. The van der Waals surface area contributed by atoms with Gasteiger partial charge >= 0.3 is 0 Å². The van der Waals surface area contributed by atoms with Crippen molar-refractivity contribution in [3.05, 3.63) is 33.8 Å². The van der Waals surface area contributed by atoms with Crippen molar-refractivity contribution in [3.63, 3.8) is 0 Å². The Bertz CT molecular complexity index is 292. The molecule has 1 rings (SSSR count). The SMILES string of the molecule is CC(C)c1cccc(C=O)c1Br. The van der Waals surface area contributed by atoms with E-state index in [0.29, 0.717) is 5.92 Å². The molecule has 0 aliphatic carbocycles. The molecule has 1 nitrogen and oxygen atoms in total. The highest BCUT2D eigenvalue weighted by atomic mass is 79.9. The van der Waals surface area contributed by atoms with Crippen molar-refractivity contribution in [3.8, 4) is 0 Å². The maximum Gasteiger partial charge on any atom is 0.151 e. The van der Waals surface area contributed by atoms with E-state index < -0.39 is 0 Å². The maximum absolute atomic E-state index is 10.6. The fourth-order valence-electron chi connectivity index (χ4n) is 1.11. The normalized spacial score (nSPS) is 10.3. The number of rotatable bonds is 2. The average molecular weight is 227 g/mol. The van der Waals surface area contributed by atoms with Crippen molar-refractivity contribution < 1.29 is 4.79 Å². The van der Waals surface area contributed by atoms with Gasteiger partial charge in [-0.1, -0.05) is 32.0 Å². The molecular weight excluding hydrogens is 216 g/mol. The van der Waals surface area contributed by atoms with Crippen LogP contribution in [0.4, 0.5) is 0 Å². The zero-order valence-corrected chi connectivity index (χ0v) is 8.76. The minimum absolute atomic E-state index is 0.444. The van der Waals surface area contributed by atoms with Gasteiger partial charge in [0.05, 0.1) is 0 Å². The largest absolute Gasteiger partial charge is 0.298 e. The zero-order valence-electron chi connectivity index (χ0n) is 7.17. The number of halogens is 1. The summed E-state index contributed by atoms with van der Waals surface area (Å²) in [6.45, 7) is 4.21. The quantitative estimate of drug-likeness (QED) is 0.707. The first-order valence-corrected chi connectivity index (χ1v) is 4.69. The van der Waals surface area contributed by atoms with Crippen molar-refractivity contribution >= 4 is 22.2 Å². The number of hydrogen-bond donors (Lipinski definition) is 0. The van der Waals surface area contributed by atoms with E-state index in [9.17, 15) is 4.79 Å². The lowest BCUT2D eigenvalue weighted by Crippen LogP contribution is -1.92. The molecule has 0 saturated carbocycles. The number of carbonyl (C=O) groups is 1. The molecule has 0 saturated heterocycles. The zero-order chi connectivity index (χ0) is 9.14. The van der Waals surface area contributed by atoms with Crippen LogP contribution in [0.2, 0.25) is 0 Å². The molecule has 0 atom stereocenters. The fraction of sp³-hybridized carbons (Fsp3) is 0.300. The third kappa shape index (κ3) is 1.75. The molecule has 12 heavy (non-hydrogen) atoms. The highest BCUT2D eigenvalue weighted by Gasteiger charge is 2.06. The molecule has 0 heterocycles. The summed E-state index contributed by atoms with van der Waals surface area (Å²) >= 11 is 3.41. The Hall–Kier alpha value is -0.630. The van der Waals surface area contributed by atoms with Crippen LogP contribution in [0.15, 0.2) is 22.7 Å². The molecule has 0 aromatic heterocycles. The topological polar surface area (TPSA) is 17.1 Å². The fourth-order valence-corrected chi connectivity index (χ4v) is 1.92. The van der Waals surface area contributed by atoms with Gasteiger partial charge in [0, 0.05) is 10.0 Å². The molecule has 64 valence electrons. The molecule has 0 spiro atoms. The van der Waals surface area contributed by atoms with Gasteiger partial charge in [-0.3, -0.25) is 4.79 Å². The summed E-state index contributed by atoms with van der Waals surface area (Å²) in [6.07, 6.45) is 0.871. The molecule has 0 radical (unpaired) electrons. The smallest absolute Gasteiger partial charge is 0.151 e. The molecule has 0 aliphatic rings. The average Bonchev–Trinajstić information content (AvgIpc) is 2.04. The monoisotopic (exact) mass is 226 g/mol. The van der Waals surface area contributed by atoms with Gasteiger partial charge in [0.15, 0.2) is 6.29 Å². The molecule has 0 amide bonds. The molecule has 1 aromatic carbocycles. The second-order valence-corrected chi connectivity index (χ2v) is 3.82. The van der Waals surface area contributed by atoms with Crippen molar-refractivity contribution in [2.45, 2.75) is 19.8 Å². The van der Waals surface area contributed by atoms with Crippen LogP contribution in [0.25, 0.3) is 0 Å². The van der Waals surface area contributed by atoms with E-state index in [2.05, 4.69) is 29.8 Å². The Balaban J connectivity index is 3.22. The lowest BCUT2D eigenvalue weighted by Gasteiger charge is -2.08. The highest BCUT2D eigenvalue weighted by Crippen LogP contribution is 2.26. The second kappa shape index (κ2) is 3.85. The van der Waals surface area contributed by atoms with Crippen LogP contribution in [-0.4, -0.2) is 6.29 Å². The van der Waals surface area contributed by atoms with Crippen molar-refractivity contribution in [1.29, 1.82) is 0 Å². The van der Waals surface area contributed by atoms with Crippen molar-refractivity contribution in [2.24, 2.45) is 0 Å². The summed E-state index contributed by atoms with van der Waals surface area (Å²) in [5.41, 5.74) is 1.90. The van der Waals surface area contributed by atoms with Crippen LogP contribution >= 0.6 is 15.9 Å². The summed E-state index contributed by atoms with van der Waals surface area (Å²) in [5, 5.41) is 0. The van der Waals surface area contributed by atoms with E-state index >= 15 is 0 Å². The van der Waals surface area contributed by atoms with Crippen LogP contribution in [0.1, 0.15) is 35.7 Å². The van der Waals surface area contributed by atoms with Crippen molar-refractivity contribution in [1.82, 2.24) is 0 Å². The Labute approximate surface area is 80.9 Å². The predicted octanol–water partition coefficient (Wildman–Crippen LogP) is 3.39. The van der Waals surface area contributed by atoms with Gasteiger partial charge < -0.3 is 0 Å². The predicted molar refractivity (Wildman–Crippen MR) is 53.6 cm³/mol. The summed E-state index contributed by atoms with van der Waals surface area (Å²) in [6, 6.07) is 5.74. The van der Waals surface area contributed by atoms with Gasteiger partial charge in [-0.05, 0) is 27.4 Å². The van der Waals surface area contributed by atoms with Crippen LogP contribution in [0, 0.1) is 0 Å². The number of carbonyl (C=O) groups excluding carboxylic acids is 1. The molecular formula is C10H11BrO. The Kier molecular flexibility index (Phi) is 3.04. The summed E-state index contributed by atoms with van der Waals surface area (Å²) in [7, 11) is 0. The summed E-state index contributed by atoms with van der Waals surface area (Å²) < 4.78 is 0.926. The third-order valence-corrected chi connectivity index (χ3v) is 2.72. The van der Waals surface area contributed by atoms with Gasteiger partial charge in [-0.25, -0.2) is 0 Å². The lowest BCUT2D eigenvalue weighted by molar-refractivity contribution is 0.112. The van der Waals surface area contributed by atoms with Gasteiger partial charge in [0.1, 0.15) is 0 Å². The van der Waals surface area contributed by atoms with Crippen LogP contribution in [0.3, 0.4) is 0 Å². The van der Waals surface area contributed by atoms with Crippen LogP contribution in [-0.2, 0) is 0 Å². The minimum atomic E-state index is 0.444. The van der Waals surface area contributed by atoms with E-state index in [0.717, 1.165) is 16.3 Å². The van der Waals surface area contributed by atoms with E-state index in [1.807, 2.05) is 18.2 Å². The Morgan fingerprint density at radius 3 is 2.58 bits per heavy atom. The van der Waals surface area contributed by atoms with E-state index in [1.54, 1.807) is 0 Å². The molecule has 0 bridgehead atoms. The first-order valence-electron chi connectivity index (χ1n) is 3.90. The first kappa shape index (κ1) is 9.46.